The van der Waals surface area contributed by atoms with E-state index in [-0.39, 0.29) is 15.0 Å². The monoisotopic (exact) mass is 330 g/mol. The first kappa shape index (κ1) is 16.5. The van der Waals surface area contributed by atoms with E-state index in [1.807, 2.05) is 0 Å². The van der Waals surface area contributed by atoms with Crippen LogP contribution in [0.5, 0.6) is 0 Å². The number of benzene rings is 1. The molecule has 1 aromatic carbocycles. The smallest absolute Gasteiger partial charge is 0.181 e. The second kappa shape index (κ2) is 6.08. The van der Waals surface area contributed by atoms with Crippen molar-refractivity contribution in [2.24, 2.45) is 0 Å². The van der Waals surface area contributed by atoms with Gasteiger partial charge in [0.15, 0.2) is 20.5 Å². The van der Waals surface area contributed by atoms with E-state index in [0.717, 1.165) is 19.3 Å². The highest BCUT2D eigenvalue weighted by atomic mass is 32.2. The second-order valence-electron chi connectivity index (χ2n) is 5.88. The van der Waals surface area contributed by atoms with Gasteiger partial charge in [0.1, 0.15) is 0 Å². The van der Waals surface area contributed by atoms with Crippen LogP contribution in [0.1, 0.15) is 48.8 Å². The van der Waals surface area contributed by atoms with Gasteiger partial charge in [0.25, 0.3) is 0 Å². The summed E-state index contributed by atoms with van der Waals surface area (Å²) in [5.41, 5.74) is 1.65. The van der Waals surface area contributed by atoms with E-state index in [4.69, 9.17) is 0 Å². The highest BCUT2D eigenvalue weighted by molar-refractivity contribution is 7.92. The molecule has 1 fully saturated rings. The first-order chi connectivity index (χ1) is 9.76. The zero-order valence-electron chi connectivity index (χ0n) is 12.7. The molecule has 0 unspecified atom stereocenters. The molecular weight excluding hydrogens is 308 g/mol. The highest BCUT2D eigenvalue weighted by Gasteiger charge is 2.32. The quantitative estimate of drug-likeness (QED) is 0.865. The van der Waals surface area contributed by atoms with Crippen molar-refractivity contribution in [1.82, 2.24) is 0 Å². The van der Waals surface area contributed by atoms with E-state index in [0.29, 0.717) is 29.5 Å². The molecule has 1 aliphatic rings. The average Bonchev–Trinajstić information content (AvgIpc) is 2.38. The molecule has 21 heavy (non-hydrogen) atoms. The molecule has 118 valence electrons. The predicted molar refractivity (Wildman–Crippen MR) is 83.3 cm³/mol. The lowest BCUT2D eigenvalue weighted by atomic mass is 10.0. The maximum atomic E-state index is 12.9. The fraction of sp³-hybridized carbons (Fsp3) is 0.600. The summed E-state index contributed by atoms with van der Waals surface area (Å²) in [5.74, 6) is 0. The molecule has 0 aromatic heterocycles. The summed E-state index contributed by atoms with van der Waals surface area (Å²) in [6, 6.07) is 1.67. The van der Waals surface area contributed by atoms with E-state index in [1.165, 1.54) is 0 Å². The average molecular weight is 330 g/mol. The number of hydrogen-bond donors (Lipinski definition) is 1. The van der Waals surface area contributed by atoms with Crippen molar-refractivity contribution in [2.45, 2.75) is 67.9 Å². The third-order valence-electron chi connectivity index (χ3n) is 4.32. The van der Waals surface area contributed by atoms with E-state index in [2.05, 4.69) is 0 Å². The van der Waals surface area contributed by atoms with Gasteiger partial charge < -0.3 is 0 Å². The van der Waals surface area contributed by atoms with E-state index in [9.17, 15) is 16.8 Å². The van der Waals surface area contributed by atoms with Gasteiger partial charge >= 0.3 is 0 Å². The van der Waals surface area contributed by atoms with Crippen molar-refractivity contribution >= 4 is 20.5 Å². The van der Waals surface area contributed by atoms with E-state index in [1.54, 1.807) is 26.8 Å². The maximum Gasteiger partial charge on any atom is 0.181 e. The van der Waals surface area contributed by atoms with Gasteiger partial charge in [-0.3, -0.25) is 0 Å². The van der Waals surface area contributed by atoms with Crippen LogP contribution in [0, 0.1) is 20.8 Å². The molecule has 0 saturated heterocycles. The first-order valence-electron chi connectivity index (χ1n) is 7.26. The molecule has 0 heterocycles. The van der Waals surface area contributed by atoms with Gasteiger partial charge in [-0.15, -0.1) is 0 Å². The van der Waals surface area contributed by atoms with Crippen molar-refractivity contribution in [3.8, 4) is 0 Å². The van der Waals surface area contributed by atoms with Gasteiger partial charge in [0.05, 0.1) is 15.0 Å². The molecule has 2 rings (SSSR count). The highest BCUT2D eigenvalue weighted by Crippen LogP contribution is 2.34. The molecule has 0 amide bonds. The van der Waals surface area contributed by atoms with Crippen LogP contribution in [0.15, 0.2) is 15.9 Å². The molecule has 0 radical (unpaired) electrons. The van der Waals surface area contributed by atoms with Gasteiger partial charge in [0.2, 0.25) is 0 Å². The van der Waals surface area contributed by atoms with Crippen LogP contribution in [0.25, 0.3) is 0 Å². The number of sulfone groups is 1. The summed E-state index contributed by atoms with van der Waals surface area (Å²) >= 11 is 0. The summed E-state index contributed by atoms with van der Waals surface area (Å²) in [5, 5.41) is -0.372. The van der Waals surface area contributed by atoms with Crippen LogP contribution in [0.3, 0.4) is 0 Å². The Bertz CT molecular complexity index is 717. The fourth-order valence-corrected chi connectivity index (χ4v) is 6.56. The summed E-state index contributed by atoms with van der Waals surface area (Å²) in [7, 11) is -6.26. The van der Waals surface area contributed by atoms with Gasteiger partial charge in [-0.2, -0.15) is 0 Å². The van der Waals surface area contributed by atoms with Crippen LogP contribution in [0.2, 0.25) is 0 Å². The lowest BCUT2D eigenvalue weighted by molar-refractivity contribution is 0.483. The van der Waals surface area contributed by atoms with Crippen molar-refractivity contribution in [3.63, 3.8) is 0 Å². The number of rotatable bonds is 3. The summed E-state index contributed by atoms with van der Waals surface area (Å²) in [6.45, 7) is 5.06. The molecule has 4 nitrogen and oxygen atoms in total. The Morgan fingerprint density at radius 3 is 2.10 bits per heavy atom. The fourth-order valence-electron chi connectivity index (χ4n) is 3.42. The Labute approximate surface area is 128 Å². The topological polar surface area (TPSA) is 68.3 Å². The number of hydrogen-bond acceptors (Lipinski definition) is 4. The van der Waals surface area contributed by atoms with E-state index >= 15 is 0 Å². The standard InChI is InChI=1S/C15H22O4S2/c1-10-9-11(2)15(12(3)14(10)20(16)17)21(18,19)13-7-5-4-6-8-13/h9,13,20H,4-8H2,1-3H3. The molecule has 0 aliphatic heterocycles. The lowest BCUT2D eigenvalue weighted by Gasteiger charge is -2.24. The summed E-state index contributed by atoms with van der Waals surface area (Å²) in [6.07, 6.45) is 4.28. The third kappa shape index (κ3) is 3.01. The second-order valence-corrected chi connectivity index (χ2v) is 9.00. The Kier molecular flexibility index (Phi) is 4.78. The first-order valence-corrected chi connectivity index (χ1v) is 9.98. The molecule has 6 heteroatoms. The van der Waals surface area contributed by atoms with Gasteiger partial charge in [0, 0.05) is 0 Å². The molecule has 0 N–H and O–H groups in total. The van der Waals surface area contributed by atoms with E-state index < -0.39 is 20.5 Å². The Hall–Kier alpha value is -0.880. The minimum absolute atomic E-state index is 0.157. The van der Waals surface area contributed by atoms with Crippen LogP contribution >= 0.6 is 0 Å². The van der Waals surface area contributed by atoms with Crippen molar-refractivity contribution in [3.05, 3.63) is 22.8 Å². The van der Waals surface area contributed by atoms with Crippen molar-refractivity contribution < 1.29 is 16.8 Å². The van der Waals surface area contributed by atoms with Crippen LogP contribution < -0.4 is 0 Å². The molecule has 1 saturated carbocycles. The molecule has 0 atom stereocenters. The molecule has 0 bridgehead atoms. The SMILES string of the molecule is Cc1cc(C)c(S(=O)(=O)C2CCCCC2)c(C)c1[SH](=O)=O. The third-order valence-corrected chi connectivity index (χ3v) is 7.92. The van der Waals surface area contributed by atoms with Crippen LogP contribution in [-0.2, 0) is 20.5 Å². The Morgan fingerprint density at radius 1 is 1.00 bits per heavy atom. The Morgan fingerprint density at radius 2 is 1.57 bits per heavy atom. The zero-order chi connectivity index (χ0) is 15.8. The van der Waals surface area contributed by atoms with Gasteiger partial charge in [-0.1, -0.05) is 25.3 Å². The predicted octanol–water partition coefficient (Wildman–Crippen LogP) is 2.69. The normalized spacial score (nSPS) is 17.3. The van der Waals surface area contributed by atoms with Crippen molar-refractivity contribution in [2.75, 3.05) is 0 Å². The Balaban J connectivity index is 2.65. The largest absolute Gasteiger partial charge is 0.227 e. The van der Waals surface area contributed by atoms with Crippen LogP contribution in [0.4, 0.5) is 0 Å². The zero-order valence-corrected chi connectivity index (χ0v) is 14.4. The van der Waals surface area contributed by atoms with Crippen molar-refractivity contribution in [1.29, 1.82) is 0 Å². The lowest BCUT2D eigenvalue weighted by Crippen LogP contribution is -2.26. The number of thiol groups is 1. The molecule has 0 spiro atoms. The summed E-state index contributed by atoms with van der Waals surface area (Å²) in [4.78, 5) is 0.388. The van der Waals surface area contributed by atoms with Crippen LogP contribution in [-0.4, -0.2) is 22.1 Å². The van der Waals surface area contributed by atoms with Gasteiger partial charge in [-0.25, -0.2) is 16.8 Å². The minimum atomic E-state index is -3.46. The molecule has 1 aliphatic carbocycles. The number of aryl methyl sites for hydroxylation is 2. The maximum absolute atomic E-state index is 12.9. The van der Waals surface area contributed by atoms with Gasteiger partial charge in [-0.05, 0) is 50.3 Å². The molecular formula is C15H22O4S2. The molecule has 1 aromatic rings. The summed E-state index contributed by atoms with van der Waals surface area (Å²) < 4.78 is 48.7. The minimum Gasteiger partial charge on any atom is -0.227 e.